The maximum Gasteiger partial charge on any atom is 0.206 e. The van der Waals surface area contributed by atoms with Gasteiger partial charge < -0.3 is 4.57 Å². The molecule has 0 N–H and O–H groups in total. The molecule has 0 aromatic heterocycles. The third kappa shape index (κ3) is 2.19. The molecule has 0 unspecified atom stereocenters. The fraction of sp³-hybridized carbons (Fsp3) is 0.188. The minimum absolute atomic E-state index is 0.116. The van der Waals surface area contributed by atoms with Crippen molar-refractivity contribution in [1.82, 2.24) is 4.57 Å². The first-order valence-corrected chi connectivity index (χ1v) is 7.40. The van der Waals surface area contributed by atoms with Gasteiger partial charge >= 0.3 is 0 Å². The van der Waals surface area contributed by atoms with Crippen molar-refractivity contribution in [3.63, 3.8) is 0 Å². The number of aromatic nitrogens is 1. The van der Waals surface area contributed by atoms with Crippen molar-refractivity contribution in [2.45, 2.75) is 13.0 Å². The normalized spacial score (nSPS) is 11.3. The van der Waals surface area contributed by atoms with Gasteiger partial charge in [-0.3, -0.25) is 4.79 Å². The van der Waals surface area contributed by atoms with Crippen LogP contribution in [0.4, 0.5) is 0 Å². The van der Waals surface area contributed by atoms with Crippen LogP contribution >= 0.6 is 23.2 Å². The van der Waals surface area contributed by atoms with Crippen LogP contribution in [0.25, 0.3) is 22.2 Å². The van der Waals surface area contributed by atoms with E-state index in [9.17, 15) is 4.79 Å². The van der Waals surface area contributed by atoms with E-state index in [0.717, 1.165) is 29.6 Å². The van der Waals surface area contributed by atoms with Gasteiger partial charge in [0.2, 0.25) is 5.43 Å². The van der Waals surface area contributed by atoms with Gasteiger partial charge in [-0.2, -0.15) is 0 Å². The molecular formula is C16H13Cl2NO. The molecule has 2 nitrogen and oxygen atoms in total. The molecule has 1 aliphatic carbocycles. The fourth-order valence-corrected chi connectivity index (χ4v) is 2.82. The van der Waals surface area contributed by atoms with E-state index < -0.39 is 0 Å². The van der Waals surface area contributed by atoms with Gasteiger partial charge in [-0.1, -0.05) is 29.8 Å². The van der Waals surface area contributed by atoms with Crippen molar-refractivity contribution in [3.05, 3.63) is 57.7 Å². The Bertz CT molecular complexity index is 794. The highest BCUT2D eigenvalue weighted by molar-refractivity contribution is 6.30. The van der Waals surface area contributed by atoms with Crippen molar-refractivity contribution in [2.75, 3.05) is 5.88 Å². The predicted octanol–water partition coefficient (Wildman–Crippen LogP) is 4.39. The van der Waals surface area contributed by atoms with E-state index in [1.807, 2.05) is 30.3 Å². The Morgan fingerprint density at radius 2 is 1.90 bits per heavy atom. The topological polar surface area (TPSA) is 22.0 Å². The van der Waals surface area contributed by atoms with Crippen molar-refractivity contribution in [2.24, 2.45) is 0 Å². The van der Waals surface area contributed by atoms with Crippen LogP contribution in [0.2, 0.25) is 5.02 Å². The van der Waals surface area contributed by atoms with Crippen LogP contribution in [0.5, 0.6) is 0 Å². The monoisotopic (exact) mass is 305 g/mol. The largest absolute Gasteiger partial charge is 0.340 e. The molecule has 0 amide bonds. The number of aryl methyl sites for hydroxylation is 1. The lowest BCUT2D eigenvalue weighted by Gasteiger charge is -2.18. The first-order valence-electron chi connectivity index (χ1n) is 6.49. The molecule has 102 valence electrons. The third-order valence-corrected chi connectivity index (χ3v) is 4.02. The van der Waals surface area contributed by atoms with E-state index in [2.05, 4.69) is 10.6 Å². The molecule has 1 aliphatic heterocycles. The summed E-state index contributed by atoms with van der Waals surface area (Å²) in [6.45, 7) is 0.780. The highest BCUT2D eigenvalue weighted by atomic mass is 35.5. The van der Waals surface area contributed by atoms with Gasteiger partial charge in [0.05, 0.1) is 10.7 Å². The first kappa shape index (κ1) is 13.5. The van der Waals surface area contributed by atoms with Crippen LogP contribution < -0.4 is 5.43 Å². The molecular weight excluding hydrogens is 293 g/mol. The number of hydrogen-bond donors (Lipinski definition) is 0. The van der Waals surface area contributed by atoms with Gasteiger partial charge in [0, 0.05) is 23.5 Å². The lowest BCUT2D eigenvalue weighted by atomic mass is 10.0. The molecule has 0 bridgehead atoms. The Hall–Kier alpha value is -1.51. The van der Waals surface area contributed by atoms with Crippen LogP contribution in [0.3, 0.4) is 0 Å². The van der Waals surface area contributed by atoms with Gasteiger partial charge in [-0.05, 0) is 36.1 Å². The van der Waals surface area contributed by atoms with E-state index in [4.69, 9.17) is 23.2 Å². The highest BCUT2D eigenvalue weighted by Crippen LogP contribution is 2.27. The minimum Gasteiger partial charge on any atom is -0.340 e. The summed E-state index contributed by atoms with van der Waals surface area (Å²) in [5, 5.41) is 1.30. The van der Waals surface area contributed by atoms with Crippen molar-refractivity contribution in [1.29, 1.82) is 0 Å². The lowest BCUT2D eigenvalue weighted by molar-refractivity contribution is 0.707. The number of nitrogens with zero attached hydrogens (tertiary/aromatic N) is 1. The molecule has 0 fully saturated rings. The standard InChI is InChI=1S/C16H13Cl2NO/c17-8-3-9-19-14-5-2-1-4-11(14)10-12-15(19)7-6-13(18)16(12)20/h1-2,4-7,10H,3,8-9H2. The van der Waals surface area contributed by atoms with Crippen LogP contribution in [-0.4, -0.2) is 10.4 Å². The molecule has 4 heteroatoms. The van der Waals surface area contributed by atoms with Gasteiger partial charge in [0.1, 0.15) is 0 Å². The van der Waals surface area contributed by atoms with E-state index >= 15 is 0 Å². The third-order valence-electron chi connectivity index (χ3n) is 3.46. The summed E-state index contributed by atoms with van der Waals surface area (Å²) in [4.78, 5) is 12.2. The Morgan fingerprint density at radius 3 is 2.70 bits per heavy atom. The summed E-state index contributed by atoms with van der Waals surface area (Å²) in [6, 6.07) is 13.5. The molecule has 1 aromatic rings. The minimum atomic E-state index is -0.116. The van der Waals surface area contributed by atoms with Crippen LogP contribution in [0.1, 0.15) is 6.42 Å². The summed E-state index contributed by atoms with van der Waals surface area (Å²) in [5.74, 6) is 0.593. The van der Waals surface area contributed by atoms with Gasteiger partial charge in [0.25, 0.3) is 0 Å². The number of benzene rings is 2. The average molecular weight is 306 g/mol. The maximum atomic E-state index is 12.2. The molecule has 0 atom stereocenters. The number of hydrogen-bond acceptors (Lipinski definition) is 1. The maximum absolute atomic E-state index is 12.2. The summed E-state index contributed by atoms with van der Waals surface area (Å²) in [6.07, 6.45) is 0.853. The Morgan fingerprint density at radius 1 is 1.10 bits per heavy atom. The molecule has 20 heavy (non-hydrogen) atoms. The zero-order valence-corrected chi connectivity index (χ0v) is 12.3. The van der Waals surface area contributed by atoms with E-state index in [1.54, 1.807) is 6.07 Å². The Kier molecular flexibility index (Phi) is 3.68. The highest BCUT2D eigenvalue weighted by Gasteiger charge is 2.14. The number of fused-ring (bicyclic) bond motifs is 2. The SMILES string of the molecule is O=c1c(Cl)ccc2n(CCCCl)c3ccccc3cc1-2. The van der Waals surface area contributed by atoms with Crippen molar-refractivity contribution < 1.29 is 0 Å². The summed E-state index contributed by atoms with van der Waals surface area (Å²) in [5.41, 5.74) is 2.55. The first-order chi connectivity index (χ1) is 9.72. The second kappa shape index (κ2) is 5.47. The van der Waals surface area contributed by atoms with Gasteiger partial charge in [0.15, 0.2) is 0 Å². The second-order valence-corrected chi connectivity index (χ2v) is 5.49. The summed E-state index contributed by atoms with van der Waals surface area (Å²) in [7, 11) is 0. The average Bonchev–Trinajstić information content (AvgIpc) is 2.48. The second-order valence-electron chi connectivity index (χ2n) is 4.71. The fourth-order valence-electron chi connectivity index (χ4n) is 2.54. The molecule has 0 saturated heterocycles. The molecule has 1 aromatic carbocycles. The van der Waals surface area contributed by atoms with Crippen molar-refractivity contribution in [3.8, 4) is 11.3 Å². The zero-order chi connectivity index (χ0) is 14.1. The van der Waals surface area contributed by atoms with Crippen LogP contribution in [0.15, 0.2) is 47.3 Å². The number of rotatable bonds is 3. The van der Waals surface area contributed by atoms with E-state index in [0.29, 0.717) is 11.4 Å². The van der Waals surface area contributed by atoms with E-state index in [1.165, 1.54) is 0 Å². The van der Waals surface area contributed by atoms with E-state index in [-0.39, 0.29) is 10.5 Å². The quantitative estimate of drug-likeness (QED) is 0.519. The number of para-hydroxylation sites is 1. The smallest absolute Gasteiger partial charge is 0.206 e. The summed E-state index contributed by atoms with van der Waals surface area (Å²) < 4.78 is 2.14. The predicted molar refractivity (Wildman–Crippen MR) is 85.2 cm³/mol. The van der Waals surface area contributed by atoms with Gasteiger partial charge in [-0.25, -0.2) is 0 Å². The number of pyridine rings is 1. The number of alkyl halides is 1. The molecule has 0 radical (unpaired) electrons. The zero-order valence-electron chi connectivity index (χ0n) is 10.8. The molecule has 0 spiro atoms. The van der Waals surface area contributed by atoms with Crippen LogP contribution in [0, 0.1) is 0 Å². The number of halogens is 2. The van der Waals surface area contributed by atoms with Crippen molar-refractivity contribution >= 4 is 34.1 Å². The molecule has 1 heterocycles. The Labute approximate surface area is 126 Å². The van der Waals surface area contributed by atoms with Crippen LogP contribution in [-0.2, 0) is 6.54 Å². The molecule has 3 rings (SSSR count). The molecule has 2 aliphatic rings. The lowest BCUT2D eigenvalue weighted by Crippen LogP contribution is -2.13. The summed E-state index contributed by atoms with van der Waals surface area (Å²) >= 11 is 11.8. The van der Waals surface area contributed by atoms with Gasteiger partial charge in [-0.15, -0.1) is 11.6 Å². The Balaban J connectivity index is 2.40. The molecule has 0 saturated carbocycles.